The molecule has 7 heteroatoms. The molecule has 3 rings (SSSR count). The van der Waals surface area contributed by atoms with E-state index in [4.69, 9.17) is 0 Å². The van der Waals surface area contributed by atoms with Crippen molar-refractivity contribution in [2.75, 3.05) is 16.0 Å². The molecular weight excluding hydrogens is 499 g/mol. The lowest BCUT2D eigenvalue weighted by Gasteiger charge is -2.20. The van der Waals surface area contributed by atoms with Gasteiger partial charge in [-0.2, -0.15) is 4.98 Å². The Morgan fingerprint density at radius 2 is 1.68 bits per heavy atom. The molecule has 0 atom stereocenters. The van der Waals surface area contributed by atoms with Gasteiger partial charge in [0.2, 0.25) is 5.95 Å². The molecule has 0 aliphatic heterocycles. The van der Waals surface area contributed by atoms with Gasteiger partial charge < -0.3 is 19.5 Å². The van der Waals surface area contributed by atoms with Crippen molar-refractivity contribution in [3.8, 4) is 0 Å². The monoisotopic (exact) mass is 528 g/mol. The zero-order chi connectivity index (χ0) is 22.4. The minimum atomic E-state index is 0.0906. The fraction of sp³-hybridized carbons (Fsp3) is 0.250. The van der Waals surface area contributed by atoms with Crippen LogP contribution in [0.15, 0.2) is 66.6 Å². The molecule has 0 bridgehead atoms. The second-order valence-electron chi connectivity index (χ2n) is 8.45. The normalized spacial score (nSPS) is 11.7. The predicted octanol–water partition coefficient (Wildman–Crippen LogP) is 6.78. The van der Waals surface area contributed by atoms with Crippen molar-refractivity contribution in [3.05, 3.63) is 77.8 Å². The van der Waals surface area contributed by atoms with Crippen molar-refractivity contribution in [2.45, 2.75) is 40.0 Å². The van der Waals surface area contributed by atoms with E-state index in [9.17, 15) is 0 Å². The van der Waals surface area contributed by atoms with E-state index in [0.29, 0.717) is 5.95 Å². The molecule has 0 unspecified atom stereocenters. The number of nitrogens with one attached hydrogen (secondary N) is 4. The molecule has 0 aliphatic carbocycles. The molecule has 0 aliphatic rings. The Kier molecular flexibility index (Phi) is 7.37. The standard InChI is InChI=1S/C24H29IN6/c1-16-14-27-23(29-20-11-9-19(10-12-20)26-15-17(2)31-25)30-22(16)28-21-8-6-7-18(13-21)24(3,4)5/h6-15,26,31H,1-5H3,(H2,27,28,29,30)/b17-15-. The molecule has 4 N–H and O–H groups in total. The minimum absolute atomic E-state index is 0.0906. The molecule has 0 amide bonds. The summed E-state index contributed by atoms with van der Waals surface area (Å²) in [4.78, 5) is 9.11. The van der Waals surface area contributed by atoms with Gasteiger partial charge in [-0.25, -0.2) is 4.98 Å². The van der Waals surface area contributed by atoms with E-state index in [1.165, 1.54) is 5.56 Å². The fourth-order valence-corrected chi connectivity index (χ4v) is 2.98. The van der Waals surface area contributed by atoms with Crippen molar-refractivity contribution in [1.29, 1.82) is 0 Å². The smallest absolute Gasteiger partial charge is 0.229 e. The lowest BCUT2D eigenvalue weighted by Crippen LogP contribution is -2.11. The summed E-state index contributed by atoms with van der Waals surface area (Å²) >= 11 is 2.10. The van der Waals surface area contributed by atoms with E-state index >= 15 is 0 Å². The minimum Gasteiger partial charge on any atom is -0.360 e. The van der Waals surface area contributed by atoms with Crippen molar-refractivity contribution in [2.24, 2.45) is 0 Å². The van der Waals surface area contributed by atoms with Gasteiger partial charge in [-0.15, -0.1) is 0 Å². The molecule has 1 aromatic heterocycles. The van der Waals surface area contributed by atoms with Gasteiger partial charge in [0.05, 0.1) is 22.9 Å². The Balaban J connectivity index is 1.73. The number of aromatic nitrogens is 2. The lowest BCUT2D eigenvalue weighted by atomic mass is 9.87. The second-order valence-corrected chi connectivity index (χ2v) is 8.99. The maximum atomic E-state index is 4.68. The molecular formula is C24H29IN6. The Morgan fingerprint density at radius 3 is 2.35 bits per heavy atom. The highest BCUT2D eigenvalue weighted by Crippen LogP contribution is 2.27. The second kappa shape index (κ2) is 10.00. The van der Waals surface area contributed by atoms with Crippen LogP contribution < -0.4 is 19.5 Å². The molecule has 0 radical (unpaired) electrons. The average molecular weight is 528 g/mol. The number of rotatable bonds is 7. The molecule has 162 valence electrons. The van der Waals surface area contributed by atoms with Gasteiger partial charge in [0.15, 0.2) is 0 Å². The van der Waals surface area contributed by atoms with Crippen molar-refractivity contribution >= 4 is 51.7 Å². The van der Waals surface area contributed by atoms with Gasteiger partial charge in [-0.05, 0) is 61.2 Å². The van der Waals surface area contributed by atoms with Gasteiger partial charge in [-0.3, -0.25) is 0 Å². The molecule has 0 saturated carbocycles. The van der Waals surface area contributed by atoms with Gasteiger partial charge in [0.25, 0.3) is 0 Å². The van der Waals surface area contributed by atoms with Gasteiger partial charge >= 0.3 is 0 Å². The first-order chi connectivity index (χ1) is 14.7. The summed E-state index contributed by atoms with van der Waals surface area (Å²) < 4.78 is 3.05. The molecule has 3 aromatic rings. The van der Waals surface area contributed by atoms with Crippen molar-refractivity contribution < 1.29 is 0 Å². The molecule has 2 aromatic carbocycles. The Morgan fingerprint density at radius 1 is 0.968 bits per heavy atom. The molecule has 0 saturated heterocycles. The third-order valence-electron chi connectivity index (χ3n) is 4.71. The Labute approximate surface area is 198 Å². The number of nitrogens with zero attached hydrogens (tertiary/aromatic N) is 2. The third kappa shape index (κ3) is 6.58. The fourth-order valence-electron chi connectivity index (χ4n) is 2.83. The first kappa shape index (κ1) is 22.9. The number of hydrogen-bond donors (Lipinski definition) is 4. The summed E-state index contributed by atoms with van der Waals surface area (Å²) in [5.41, 5.74) is 6.33. The number of benzene rings is 2. The lowest BCUT2D eigenvalue weighted by molar-refractivity contribution is 0.590. The van der Waals surface area contributed by atoms with Crippen LogP contribution in [-0.4, -0.2) is 9.97 Å². The van der Waals surface area contributed by atoms with Crippen LogP contribution in [0.3, 0.4) is 0 Å². The van der Waals surface area contributed by atoms with E-state index in [0.717, 1.165) is 34.1 Å². The first-order valence-corrected chi connectivity index (χ1v) is 11.2. The van der Waals surface area contributed by atoms with Crippen LogP contribution >= 0.6 is 22.9 Å². The van der Waals surface area contributed by atoms with Crippen molar-refractivity contribution in [1.82, 2.24) is 13.5 Å². The zero-order valence-electron chi connectivity index (χ0n) is 18.5. The van der Waals surface area contributed by atoms with Crippen LogP contribution in [0.25, 0.3) is 0 Å². The quantitative estimate of drug-likeness (QED) is 0.200. The van der Waals surface area contributed by atoms with Crippen LogP contribution in [0.4, 0.5) is 28.8 Å². The summed E-state index contributed by atoms with van der Waals surface area (Å²) in [7, 11) is 0. The third-order valence-corrected chi connectivity index (χ3v) is 5.56. The van der Waals surface area contributed by atoms with E-state index in [1.54, 1.807) is 0 Å². The number of aryl methyl sites for hydroxylation is 1. The highest BCUT2D eigenvalue weighted by atomic mass is 127. The summed E-state index contributed by atoms with van der Waals surface area (Å²) in [6, 6.07) is 16.4. The summed E-state index contributed by atoms with van der Waals surface area (Å²) in [5.74, 6) is 1.33. The molecule has 6 nitrogen and oxygen atoms in total. The van der Waals surface area contributed by atoms with Crippen LogP contribution in [-0.2, 0) is 5.41 Å². The van der Waals surface area contributed by atoms with Gasteiger partial charge in [-0.1, -0.05) is 32.9 Å². The van der Waals surface area contributed by atoms with Crippen molar-refractivity contribution in [3.63, 3.8) is 0 Å². The number of halogens is 1. The SMILES string of the molecule is C/C(=C/Nc1ccc(Nc2ncc(C)c(Nc3cccc(C(C)(C)C)c3)n2)cc1)NI. The number of hydrogen-bond acceptors (Lipinski definition) is 6. The Bertz CT molecular complexity index is 1050. The van der Waals surface area contributed by atoms with Crippen LogP contribution in [0.1, 0.15) is 38.8 Å². The van der Waals surface area contributed by atoms with E-state index < -0.39 is 0 Å². The van der Waals surface area contributed by atoms with Crippen LogP contribution in [0, 0.1) is 6.92 Å². The molecule has 0 spiro atoms. The topological polar surface area (TPSA) is 73.9 Å². The largest absolute Gasteiger partial charge is 0.360 e. The van der Waals surface area contributed by atoms with E-state index in [2.05, 4.69) is 97.3 Å². The maximum absolute atomic E-state index is 4.68. The summed E-state index contributed by atoms with van der Waals surface area (Å²) in [5, 5.41) is 9.96. The molecule has 0 fully saturated rings. The Hall–Kier alpha value is -2.81. The first-order valence-electron chi connectivity index (χ1n) is 10.1. The summed E-state index contributed by atoms with van der Waals surface area (Å²) in [6.07, 6.45) is 3.75. The maximum Gasteiger partial charge on any atom is 0.229 e. The zero-order valence-corrected chi connectivity index (χ0v) is 20.7. The van der Waals surface area contributed by atoms with E-state index in [-0.39, 0.29) is 5.41 Å². The average Bonchev–Trinajstić information content (AvgIpc) is 2.75. The van der Waals surface area contributed by atoms with E-state index in [1.807, 2.05) is 50.5 Å². The van der Waals surface area contributed by atoms with Crippen LogP contribution in [0.2, 0.25) is 0 Å². The van der Waals surface area contributed by atoms with Crippen LogP contribution in [0.5, 0.6) is 0 Å². The van der Waals surface area contributed by atoms with Gasteiger partial charge in [0, 0.05) is 40.7 Å². The predicted molar refractivity (Wildman–Crippen MR) is 139 cm³/mol. The number of anilines is 5. The molecule has 1 heterocycles. The molecule has 31 heavy (non-hydrogen) atoms. The highest BCUT2D eigenvalue weighted by molar-refractivity contribution is 14.1. The van der Waals surface area contributed by atoms with Gasteiger partial charge in [0.1, 0.15) is 5.82 Å². The highest BCUT2D eigenvalue weighted by Gasteiger charge is 2.14. The summed E-state index contributed by atoms with van der Waals surface area (Å²) in [6.45, 7) is 10.6. The number of allylic oxidation sites excluding steroid dienone is 1.